The Morgan fingerprint density at radius 1 is 1.04 bits per heavy atom. The number of pyridine rings is 1. The lowest BCUT2D eigenvalue weighted by Crippen LogP contribution is -2.28. The van der Waals surface area contributed by atoms with Gasteiger partial charge in [0.05, 0.1) is 16.9 Å². The Balaban J connectivity index is 0.00000243. The summed E-state index contributed by atoms with van der Waals surface area (Å²) in [4.78, 5) is 23.8. The van der Waals surface area contributed by atoms with E-state index in [0.717, 1.165) is 55.4 Å². The number of hydrogen-bond acceptors (Lipinski definition) is 4. The summed E-state index contributed by atoms with van der Waals surface area (Å²) in [7, 11) is 1.82. The topological polar surface area (TPSA) is 39.7 Å². The predicted molar refractivity (Wildman–Crippen MR) is 110 cm³/mol. The number of benzene rings is 1. The predicted octanol–water partition coefficient (Wildman–Crippen LogP) is 3.96. The standard InChI is InChI=1S/C20H26N4O.ClH/c1-4-23(5-2)14-9-15-24-17-11-7-6-10-16(17)20(25)22(3)18-12-8-13-21-19(18)24;/h6-8,10-13H,4-5,9,14-15H2,1-3H3;1H. The molecule has 0 saturated carbocycles. The lowest BCUT2D eigenvalue weighted by Gasteiger charge is -2.26. The number of rotatable bonds is 6. The summed E-state index contributed by atoms with van der Waals surface area (Å²) in [5.74, 6) is 0.860. The van der Waals surface area contributed by atoms with Gasteiger partial charge in [-0.2, -0.15) is 0 Å². The molecule has 1 aromatic carbocycles. The maximum Gasteiger partial charge on any atom is 0.260 e. The third-order valence-electron chi connectivity index (χ3n) is 4.86. The third-order valence-corrected chi connectivity index (χ3v) is 4.86. The molecule has 6 heteroatoms. The fourth-order valence-corrected chi connectivity index (χ4v) is 3.37. The highest BCUT2D eigenvalue weighted by Crippen LogP contribution is 2.38. The summed E-state index contributed by atoms with van der Waals surface area (Å²) in [5, 5.41) is 0. The quantitative estimate of drug-likeness (QED) is 0.767. The number of amides is 1. The van der Waals surface area contributed by atoms with E-state index in [1.54, 1.807) is 11.1 Å². The highest BCUT2D eigenvalue weighted by Gasteiger charge is 2.29. The van der Waals surface area contributed by atoms with Crippen LogP contribution in [0.25, 0.3) is 0 Å². The molecule has 26 heavy (non-hydrogen) atoms. The van der Waals surface area contributed by atoms with Crippen molar-refractivity contribution < 1.29 is 4.79 Å². The summed E-state index contributed by atoms with van der Waals surface area (Å²) < 4.78 is 0. The largest absolute Gasteiger partial charge is 0.324 e. The van der Waals surface area contributed by atoms with Gasteiger partial charge in [0.25, 0.3) is 5.91 Å². The second-order valence-corrected chi connectivity index (χ2v) is 6.26. The molecular formula is C20H27ClN4O. The van der Waals surface area contributed by atoms with E-state index < -0.39 is 0 Å². The molecule has 2 aromatic rings. The number of hydrogen-bond donors (Lipinski definition) is 0. The van der Waals surface area contributed by atoms with Crippen molar-refractivity contribution in [3.8, 4) is 0 Å². The van der Waals surface area contributed by atoms with Gasteiger partial charge < -0.3 is 14.7 Å². The van der Waals surface area contributed by atoms with Crippen molar-refractivity contribution >= 4 is 35.5 Å². The molecule has 0 N–H and O–H groups in total. The van der Waals surface area contributed by atoms with Gasteiger partial charge in [-0.1, -0.05) is 26.0 Å². The molecule has 0 fully saturated rings. The summed E-state index contributed by atoms with van der Waals surface area (Å²) in [6, 6.07) is 11.7. The molecule has 1 aromatic heterocycles. The molecule has 140 valence electrons. The molecule has 0 saturated heterocycles. The van der Waals surface area contributed by atoms with Crippen molar-refractivity contribution in [2.24, 2.45) is 0 Å². The number of para-hydroxylation sites is 1. The van der Waals surface area contributed by atoms with Crippen LogP contribution in [-0.2, 0) is 0 Å². The first kappa shape index (κ1) is 20.2. The first-order valence-corrected chi connectivity index (χ1v) is 8.99. The van der Waals surface area contributed by atoms with E-state index in [-0.39, 0.29) is 18.3 Å². The van der Waals surface area contributed by atoms with E-state index in [4.69, 9.17) is 0 Å². The van der Waals surface area contributed by atoms with Crippen LogP contribution in [0, 0.1) is 0 Å². The second-order valence-electron chi connectivity index (χ2n) is 6.26. The smallest absolute Gasteiger partial charge is 0.260 e. The van der Waals surface area contributed by atoms with E-state index in [2.05, 4.69) is 28.6 Å². The van der Waals surface area contributed by atoms with Gasteiger partial charge >= 0.3 is 0 Å². The first-order valence-electron chi connectivity index (χ1n) is 8.99. The minimum atomic E-state index is 0. The van der Waals surface area contributed by atoms with E-state index in [9.17, 15) is 4.79 Å². The molecule has 0 unspecified atom stereocenters. The Bertz CT molecular complexity index is 748. The Labute approximate surface area is 162 Å². The van der Waals surface area contributed by atoms with Crippen LogP contribution in [0.5, 0.6) is 0 Å². The summed E-state index contributed by atoms with van der Waals surface area (Å²) in [6.07, 6.45) is 2.81. The van der Waals surface area contributed by atoms with Gasteiger partial charge in [-0.05, 0) is 50.3 Å². The number of carbonyl (C=O) groups is 1. The zero-order valence-electron chi connectivity index (χ0n) is 15.7. The van der Waals surface area contributed by atoms with Crippen LogP contribution >= 0.6 is 12.4 Å². The molecule has 1 aliphatic heterocycles. The molecule has 0 bridgehead atoms. The van der Waals surface area contributed by atoms with Crippen LogP contribution in [0.3, 0.4) is 0 Å². The summed E-state index contributed by atoms with van der Waals surface area (Å²) in [5.41, 5.74) is 2.52. The number of aromatic nitrogens is 1. The average molecular weight is 375 g/mol. The maximum absolute atomic E-state index is 12.9. The van der Waals surface area contributed by atoms with Crippen molar-refractivity contribution in [3.63, 3.8) is 0 Å². The molecule has 0 radical (unpaired) electrons. The Morgan fingerprint density at radius 2 is 1.73 bits per heavy atom. The van der Waals surface area contributed by atoms with Gasteiger partial charge in [-0.3, -0.25) is 4.79 Å². The van der Waals surface area contributed by atoms with Gasteiger partial charge in [0, 0.05) is 19.8 Å². The normalized spacial score (nSPS) is 13.2. The first-order chi connectivity index (χ1) is 12.2. The van der Waals surface area contributed by atoms with E-state index in [0.29, 0.717) is 0 Å². The van der Waals surface area contributed by atoms with Gasteiger partial charge in [-0.15, -0.1) is 12.4 Å². The van der Waals surface area contributed by atoms with Crippen molar-refractivity contribution in [1.82, 2.24) is 9.88 Å². The van der Waals surface area contributed by atoms with Crippen LogP contribution in [-0.4, -0.2) is 49.0 Å². The summed E-state index contributed by atoms with van der Waals surface area (Å²) >= 11 is 0. The lowest BCUT2D eigenvalue weighted by molar-refractivity contribution is 0.0994. The molecule has 1 amide bonds. The van der Waals surface area contributed by atoms with Gasteiger partial charge in [0.2, 0.25) is 0 Å². The highest BCUT2D eigenvalue weighted by atomic mass is 35.5. The lowest BCUT2D eigenvalue weighted by atomic mass is 10.1. The SMILES string of the molecule is CCN(CC)CCCN1c2ccccc2C(=O)N(C)c2cccnc21.Cl. The van der Waals surface area contributed by atoms with Gasteiger partial charge in [-0.25, -0.2) is 4.98 Å². The van der Waals surface area contributed by atoms with Crippen LogP contribution in [0.1, 0.15) is 30.6 Å². The Hall–Kier alpha value is -2.11. The fraction of sp³-hybridized carbons (Fsp3) is 0.400. The van der Waals surface area contributed by atoms with E-state index >= 15 is 0 Å². The number of anilines is 3. The Kier molecular flexibility index (Phi) is 7.00. The number of fused-ring (bicyclic) bond motifs is 2. The Morgan fingerprint density at radius 3 is 2.46 bits per heavy atom. The van der Waals surface area contributed by atoms with Crippen molar-refractivity contribution in [2.45, 2.75) is 20.3 Å². The molecule has 3 rings (SSSR count). The average Bonchev–Trinajstić information content (AvgIpc) is 2.75. The monoisotopic (exact) mass is 374 g/mol. The zero-order chi connectivity index (χ0) is 17.8. The van der Waals surface area contributed by atoms with Crippen molar-refractivity contribution in [1.29, 1.82) is 0 Å². The molecule has 5 nitrogen and oxygen atoms in total. The van der Waals surface area contributed by atoms with Crippen LogP contribution in [0.15, 0.2) is 42.6 Å². The van der Waals surface area contributed by atoms with E-state index in [1.807, 2.05) is 43.4 Å². The minimum Gasteiger partial charge on any atom is -0.324 e. The number of carbonyl (C=O) groups excluding carboxylic acids is 1. The molecule has 0 spiro atoms. The summed E-state index contributed by atoms with van der Waals surface area (Å²) in [6.45, 7) is 8.37. The van der Waals surface area contributed by atoms with Gasteiger partial charge in [0.1, 0.15) is 0 Å². The maximum atomic E-state index is 12.9. The molecule has 2 heterocycles. The van der Waals surface area contributed by atoms with Crippen LogP contribution in [0.2, 0.25) is 0 Å². The fourth-order valence-electron chi connectivity index (χ4n) is 3.37. The highest BCUT2D eigenvalue weighted by molar-refractivity contribution is 6.13. The molecule has 0 aliphatic carbocycles. The van der Waals surface area contributed by atoms with Crippen molar-refractivity contribution in [2.75, 3.05) is 43.0 Å². The second kappa shape index (κ2) is 9.01. The zero-order valence-corrected chi connectivity index (χ0v) is 16.5. The van der Waals surface area contributed by atoms with Gasteiger partial charge in [0.15, 0.2) is 5.82 Å². The van der Waals surface area contributed by atoms with Crippen LogP contribution < -0.4 is 9.80 Å². The van der Waals surface area contributed by atoms with E-state index in [1.165, 1.54) is 0 Å². The molecule has 1 aliphatic rings. The molecule has 0 atom stereocenters. The van der Waals surface area contributed by atoms with Crippen LogP contribution in [0.4, 0.5) is 17.2 Å². The number of halogens is 1. The minimum absolute atomic E-state index is 0. The van der Waals surface area contributed by atoms with Crippen molar-refractivity contribution in [3.05, 3.63) is 48.2 Å². The third kappa shape index (κ3) is 3.84. The molecular weight excluding hydrogens is 348 g/mol. The number of nitrogens with zero attached hydrogens (tertiary/aromatic N) is 4.